The Morgan fingerprint density at radius 2 is 1.47 bits per heavy atom. The number of carbonyl (C=O) groups is 2. The van der Waals surface area contributed by atoms with Crippen molar-refractivity contribution in [1.82, 2.24) is 0 Å². The second-order valence-electron chi connectivity index (χ2n) is 8.41. The fraction of sp³-hybridized carbons (Fsp3) is 0.0968. The molecule has 0 fully saturated rings. The third-order valence-electron chi connectivity index (χ3n) is 5.79. The first-order chi connectivity index (χ1) is 17.5. The van der Waals surface area contributed by atoms with E-state index in [1.807, 2.05) is 117 Å². The molecule has 0 aromatic heterocycles. The highest BCUT2D eigenvalue weighted by molar-refractivity contribution is 8.00. The van der Waals surface area contributed by atoms with E-state index in [1.54, 1.807) is 6.08 Å². The molecule has 2 amide bonds. The van der Waals surface area contributed by atoms with Gasteiger partial charge in [-0.1, -0.05) is 78.9 Å². The standard InChI is InChI=1S/C31H28N2O2S/c1-22-11-9-18-28(23(22)2)33-31(35)30(25-14-7-4-8-15-25)36-27-17-10-16-26(21-27)32-29(34)20-19-24-12-5-3-6-13-24/h3-21,30H,1-2H3,(H,32,34)(H,33,35)/b20-19+. The minimum absolute atomic E-state index is 0.0971. The first-order valence-electron chi connectivity index (χ1n) is 11.7. The van der Waals surface area contributed by atoms with Gasteiger partial charge in [0.25, 0.3) is 0 Å². The van der Waals surface area contributed by atoms with E-state index in [1.165, 1.54) is 17.8 Å². The number of hydrogen-bond acceptors (Lipinski definition) is 3. The maximum atomic E-state index is 13.5. The van der Waals surface area contributed by atoms with Crippen molar-refractivity contribution in [3.8, 4) is 0 Å². The predicted molar refractivity (Wildman–Crippen MR) is 150 cm³/mol. The molecule has 0 aliphatic heterocycles. The van der Waals surface area contributed by atoms with E-state index in [0.717, 1.165) is 32.8 Å². The van der Waals surface area contributed by atoms with Gasteiger partial charge in [0.05, 0.1) is 0 Å². The molecule has 5 heteroatoms. The normalized spacial score (nSPS) is 11.7. The Bertz CT molecular complexity index is 1370. The fourth-order valence-electron chi connectivity index (χ4n) is 3.69. The van der Waals surface area contributed by atoms with Crippen molar-refractivity contribution in [2.24, 2.45) is 0 Å². The summed E-state index contributed by atoms with van der Waals surface area (Å²) >= 11 is 1.45. The molecule has 180 valence electrons. The summed E-state index contributed by atoms with van der Waals surface area (Å²) < 4.78 is 0. The molecule has 2 N–H and O–H groups in total. The first-order valence-corrected chi connectivity index (χ1v) is 12.6. The Balaban J connectivity index is 1.51. The van der Waals surface area contributed by atoms with Crippen LogP contribution in [0, 0.1) is 13.8 Å². The molecule has 36 heavy (non-hydrogen) atoms. The van der Waals surface area contributed by atoms with Crippen LogP contribution in [0.5, 0.6) is 0 Å². The first kappa shape index (κ1) is 25.0. The van der Waals surface area contributed by atoms with Crippen molar-refractivity contribution in [3.63, 3.8) is 0 Å². The van der Waals surface area contributed by atoms with Gasteiger partial charge in [-0.15, -0.1) is 11.8 Å². The Kier molecular flexibility index (Phi) is 8.37. The topological polar surface area (TPSA) is 58.2 Å². The lowest BCUT2D eigenvalue weighted by Gasteiger charge is -2.19. The van der Waals surface area contributed by atoms with Crippen molar-refractivity contribution >= 4 is 41.0 Å². The van der Waals surface area contributed by atoms with E-state index in [2.05, 4.69) is 10.6 Å². The highest BCUT2D eigenvalue weighted by Crippen LogP contribution is 2.37. The van der Waals surface area contributed by atoms with Crippen LogP contribution < -0.4 is 10.6 Å². The van der Waals surface area contributed by atoms with Gasteiger partial charge in [0.1, 0.15) is 5.25 Å². The van der Waals surface area contributed by atoms with Crippen molar-refractivity contribution in [2.45, 2.75) is 24.0 Å². The number of aryl methyl sites for hydroxylation is 1. The summed E-state index contributed by atoms with van der Waals surface area (Å²) in [6, 6.07) is 32.8. The highest BCUT2D eigenvalue weighted by atomic mass is 32.2. The van der Waals surface area contributed by atoms with Gasteiger partial charge in [0.15, 0.2) is 0 Å². The fourth-order valence-corrected chi connectivity index (χ4v) is 4.77. The Labute approximate surface area is 216 Å². The smallest absolute Gasteiger partial charge is 0.248 e. The molecule has 0 bridgehead atoms. The third-order valence-corrected chi connectivity index (χ3v) is 7.03. The van der Waals surface area contributed by atoms with Gasteiger partial charge >= 0.3 is 0 Å². The predicted octanol–water partition coefficient (Wildman–Crippen LogP) is 7.43. The number of rotatable bonds is 8. The van der Waals surface area contributed by atoms with Gasteiger partial charge in [-0.2, -0.15) is 0 Å². The summed E-state index contributed by atoms with van der Waals surface area (Å²) in [7, 11) is 0. The van der Waals surface area contributed by atoms with Crippen LogP contribution in [0.2, 0.25) is 0 Å². The average molecular weight is 493 g/mol. The van der Waals surface area contributed by atoms with Gasteiger partial charge in [-0.25, -0.2) is 0 Å². The van der Waals surface area contributed by atoms with Crippen molar-refractivity contribution in [2.75, 3.05) is 10.6 Å². The van der Waals surface area contributed by atoms with Crippen molar-refractivity contribution < 1.29 is 9.59 Å². The molecule has 0 saturated carbocycles. The summed E-state index contributed by atoms with van der Waals surface area (Å²) in [5.74, 6) is -0.312. The minimum atomic E-state index is -0.463. The van der Waals surface area contributed by atoms with Crippen LogP contribution in [-0.4, -0.2) is 11.8 Å². The lowest BCUT2D eigenvalue weighted by Crippen LogP contribution is -2.19. The van der Waals surface area contributed by atoms with E-state index in [-0.39, 0.29) is 11.8 Å². The van der Waals surface area contributed by atoms with E-state index >= 15 is 0 Å². The summed E-state index contributed by atoms with van der Waals surface area (Å²) in [5.41, 5.74) is 5.53. The second-order valence-corrected chi connectivity index (χ2v) is 9.58. The molecular weight excluding hydrogens is 464 g/mol. The van der Waals surface area contributed by atoms with Gasteiger partial charge in [-0.05, 0) is 66.4 Å². The van der Waals surface area contributed by atoms with Crippen LogP contribution in [0.4, 0.5) is 11.4 Å². The molecule has 0 saturated heterocycles. The molecule has 1 atom stereocenters. The average Bonchev–Trinajstić information content (AvgIpc) is 2.90. The maximum absolute atomic E-state index is 13.5. The van der Waals surface area contributed by atoms with Gasteiger partial charge in [0.2, 0.25) is 11.8 Å². The number of hydrogen-bond donors (Lipinski definition) is 2. The zero-order valence-corrected chi connectivity index (χ0v) is 21.1. The van der Waals surface area contributed by atoms with Crippen molar-refractivity contribution in [3.05, 3.63) is 131 Å². The second kappa shape index (κ2) is 12.0. The molecule has 1 unspecified atom stereocenters. The number of thioether (sulfide) groups is 1. The number of carbonyl (C=O) groups excluding carboxylic acids is 2. The van der Waals surface area contributed by atoms with E-state index in [9.17, 15) is 9.59 Å². The number of anilines is 2. The monoisotopic (exact) mass is 492 g/mol. The quantitative estimate of drug-likeness (QED) is 0.199. The summed E-state index contributed by atoms with van der Waals surface area (Å²) in [5, 5.41) is 5.56. The van der Waals surface area contributed by atoms with E-state index in [4.69, 9.17) is 0 Å². The molecule has 0 spiro atoms. The third kappa shape index (κ3) is 6.74. The molecule has 0 aliphatic carbocycles. The van der Waals surface area contributed by atoms with Crippen LogP contribution in [-0.2, 0) is 9.59 Å². The van der Waals surface area contributed by atoms with Crippen molar-refractivity contribution in [1.29, 1.82) is 0 Å². The molecule has 0 aliphatic rings. The van der Waals surface area contributed by atoms with Crippen LogP contribution in [0.3, 0.4) is 0 Å². The summed E-state index contributed by atoms with van der Waals surface area (Å²) in [4.78, 5) is 26.8. The zero-order chi connectivity index (χ0) is 25.3. The largest absolute Gasteiger partial charge is 0.325 e. The molecular formula is C31H28N2O2S. The minimum Gasteiger partial charge on any atom is -0.325 e. The Morgan fingerprint density at radius 3 is 2.22 bits per heavy atom. The van der Waals surface area contributed by atoms with Crippen LogP contribution >= 0.6 is 11.8 Å². The van der Waals surface area contributed by atoms with Gasteiger partial charge in [-0.3, -0.25) is 9.59 Å². The molecule has 0 heterocycles. The van der Waals surface area contributed by atoms with Gasteiger partial charge < -0.3 is 10.6 Å². The van der Waals surface area contributed by atoms with Crippen LogP contribution in [0.1, 0.15) is 27.5 Å². The van der Waals surface area contributed by atoms with E-state index in [0.29, 0.717) is 5.69 Å². The molecule has 4 aromatic rings. The summed E-state index contributed by atoms with van der Waals surface area (Å²) in [6.07, 6.45) is 3.29. The molecule has 0 radical (unpaired) electrons. The zero-order valence-electron chi connectivity index (χ0n) is 20.3. The van der Waals surface area contributed by atoms with Crippen LogP contribution in [0.15, 0.2) is 114 Å². The maximum Gasteiger partial charge on any atom is 0.248 e. The number of amides is 2. The lowest BCUT2D eigenvalue weighted by atomic mass is 10.1. The summed E-state index contributed by atoms with van der Waals surface area (Å²) in [6.45, 7) is 4.04. The molecule has 4 nitrogen and oxygen atoms in total. The van der Waals surface area contributed by atoms with E-state index < -0.39 is 5.25 Å². The Morgan fingerprint density at radius 1 is 0.778 bits per heavy atom. The number of benzene rings is 4. The molecule has 4 rings (SSSR count). The Hall–Kier alpha value is -4.09. The molecule has 4 aromatic carbocycles. The van der Waals surface area contributed by atoms with Crippen LogP contribution in [0.25, 0.3) is 6.08 Å². The lowest BCUT2D eigenvalue weighted by molar-refractivity contribution is -0.116. The SMILES string of the molecule is Cc1cccc(NC(=O)C(Sc2cccc(NC(=O)/C=C/c3ccccc3)c2)c2ccccc2)c1C. The van der Waals surface area contributed by atoms with Gasteiger partial charge in [0, 0.05) is 22.3 Å². The highest BCUT2D eigenvalue weighted by Gasteiger charge is 2.23. The number of nitrogens with one attached hydrogen (secondary N) is 2.